The molecule has 0 saturated heterocycles. The first kappa shape index (κ1) is 16.7. The van der Waals surface area contributed by atoms with Crippen LogP contribution in [-0.4, -0.2) is 32.5 Å². The summed E-state index contributed by atoms with van der Waals surface area (Å²) in [5, 5.41) is 20.4. The largest absolute Gasteiger partial charge is 0.423 e. The first-order valence-corrected chi connectivity index (χ1v) is 7.97. The van der Waals surface area contributed by atoms with Crippen molar-refractivity contribution < 1.29 is 9.21 Å². The van der Waals surface area contributed by atoms with E-state index in [2.05, 4.69) is 31.0 Å². The number of carbonyl (C=O) groups excluding carboxylic acids is 1. The Labute approximate surface area is 145 Å². The van der Waals surface area contributed by atoms with Crippen LogP contribution in [0.3, 0.4) is 0 Å². The van der Waals surface area contributed by atoms with Crippen LogP contribution in [0.1, 0.15) is 23.9 Å². The molecule has 0 saturated carbocycles. The van der Waals surface area contributed by atoms with Crippen molar-refractivity contribution in [3.05, 3.63) is 47.6 Å². The van der Waals surface area contributed by atoms with Crippen molar-refractivity contribution in [1.29, 1.82) is 0 Å². The molecule has 25 heavy (non-hydrogen) atoms. The Kier molecular flexibility index (Phi) is 4.78. The molecular formula is C17H20N6O2. The molecule has 0 bridgehead atoms. The molecule has 0 unspecified atom stereocenters. The van der Waals surface area contributed by atoms with Gasteiger partial charge in [0, 0.05) is 29.4 Å². The van der Waals surface area contributed by atoms with Crippen molar-refractivity contribution in [3.63, 3.8) is 0 Å². The molecule has 130 valence electrons. The second kappa shape index (κ2) is 7.16. The fraction of sp³-hybridized carbons (Fsp3) is 0.294. The summed E-state index contributed by atoms with van der Waals surface area (Å²) in [5.74, 6) is 0.408. The van der Waals surface area contributed by atoms with Crippen molar-refractivity contribution in [3.8, 4) is 11.5 Å². The maximum absolute atomic E-state index is 12.3. The molecule has 1 atom stereocenters. The number of nitrogens with one attached hydrogen (secondary N) is 3. The van der Waals surface area contributed by atoms with Crippen molar-refractivity contribution in [1.82, 2.24) is 25.7 Å². The highest BCUT2D eigenvalue weighted by Gasteiger charge is 2.12. The van der Waals surface area contributed by atoms with Gasteiger partial charge < -0.3 is 15.1 Å². The van der Waals surface area contributed by atoms with Gasteiger partial charge in [-0.15, -0.1) is 10.2 Å². The molecule has 0 aliphatic carbocycles. The summed E-state index contributed by atoms with van der Waals surface area (Å²) in [6, 6.07) is 7.21. The molecule has 2 aromatic heterocycles. The molecule has 2 heterocycles. The third-order valence-corrected chi connectivity index (χ3v) is 3.74. The number of anilines is 1. The van der Waals surface area contributed by atoms with Crippen molar-refractivity contribution in [2.24, 2.45) is 0 Å². The predicted octanol–water partition coefficient (Wildman–Crippen LogP) is 2.83. The lowest BCUT2D eigenvalue weighted by Crippen LogP contribution is -2.37. The van der Waals surface area contributed by atoms with E-state index in [0.717, 1.165) is 22.5 Å². The molecule has 3 rings (SSSR count). The highest BCUT2D eigenvalue weighted by Crippen LogP contribution is 2.23. The van der Waals surface area contributed by atoms with E-state index in [4.69, 9.17) is 4.42 Å². The molecule has 3 aromatic rings. The smallest absolute Gasteiger partial charge is 0.319 e. The van der Waals surface area contributed by atoms with Gasteiger partial charge in [-0.25, -0.2) is 4.79 Å². The maximum Gasteiger partial charge on any atom is 0.319 e. The minimum absolute atomic E-state index is 0.0536. The Bertz CT molecular complexity index is 856. The maximum atomic E-state index is 12.3. The van der Waals surface area contributed by atoms with Crippen LogP contribution >= 0.6 is 0 Å². The lowest BCUT2D eigenvalue weighted by atomic mass is 10.1. The summed E-state index contributed by atoms with van der Waals surface area (Å²) in [6.45, 7) is 5.80. The topological polar surface area (TPSA) is 109 Å². The fourth-order valence-electron chi connectivity index (χ4n) is 2.51. The van der Waals surface area contributed by atoms with E-state index >= 15 is 0 Å². The standard InChI is InChI=1S/C17H20N6O2/c1-10-4-5-13(16-23-18-9-25-16)8-15(10)20-17(24)19-11(2)6-14-7-12(3)21-22-14/h4-5,7-9,11H,6H2,1-3H3,(H,21,22)(H2,19,20,24)/t11-/m1/s1. The fourth-order valence-corrected chi connectivity index (χ4v) is 2.51. The summed E-state index contributed by atoms with van der Waals surface area (Å²) in [4.78, 5) is 12.3. The van der Waals surface area contributed by atoms with E-state index in [1.807, 2.05) is 45.0 Å². The molecule has 0 radical (unpaired) electrons. The van der Waals surface area contributed by atoms with Gasteiger partial charge in [-0.2, -0.15) is 5.10 Å². The Balaban J connectivity index is 1.63. The number of hydrogen-bond donors (Lipinski definition) is 3. The molecule has 0 aliphatic heterocycles. The minimum atomic E-state index is -0.273. The van der Waals surface area contributed by atoms with Gasteiger partial charge in [0.05, 0.1) is 5.69 Å². The summed E-state index contributed by atoms with van der Waals surface area (Å²) in [6.07, 6.45) is 1.92. The third-order valence-electron chi connectivity index (χ3n) is 3.74. The highest BCUT2D eigenvalue weighted by molar-refractivity contribution is 5.91. The SMILES string of the molecule is Cc1cc(C[C@@H](C)NC(=O)Nc2cc(-c3nnco3)ccc2C)n[nH]1. The summed E-state index contributed by atoms with van der Waals surface area (Å²) in [7, 11) is 0. The van der Waals surface area contributed by atoms with Gasteiger partial charge in [0.1, 0.15) is 0 Å². The van der Waals surface area contributed by atoms with E-state index in [1.54, 1.807) is 0 Å². The zero-order valence-corrected chi connectivity index (χ0v) is 14.3. The monoisotopic (exact) mass is 340 g/mol. The Hall–Kier alpha value is -3.16. The number of urea groups is 1. The zero-order chi connectivity index (χ0) is 17.8. The van der Waals surface area contributed by atoms with Gasteiger partial charge in [0.2, 0.25) is 12.3 Å². The first-order valence-electron chi connectivity index (χ1n) is 7.97. The first-order chi connectivity index (χ1) is 12.0. The van der Waals surface area contributed by atoms with Gasteiger partial charge in [-0.3, -0.25) is 5.10 Å². The average Bonchev–Trinajstić information content (AvgIpc) is 3.21. The van der Waals surface area contributed by atoms with Crippen LogP contribution in [0.2, 0.25) is 0 Å². The van der Waals surface area contributed by atoms with E-state index in [0.29, 0.717) is 18.0 Å². The quantitative estimate of drug-likeness (QED) is 0.662. The summed E-state index contributed by atoms with van der Waals surface area (Å²) in [5.41, 5.74) is 4.29. The number of aromatic amines is 1. The van der Waals surface area contributed by atoms with Gasteiger partial charge in [-0.1, -0.05) is 6.07 Å². The van der Waals surface area contributed by atoms with E-state index in [1.165, 1.54) is 6.39 Å². The number of hydrogen-bond acceptors (Lipinski definition) is 5. The molecule has 0 aliphatic rings. The molecule has 2 amide bonds. The Morgan fingerprint density at radius 2 is 2.16 bits per heavy atom. The van der Waals surface area contributed by atoms with Crippen LogP contribution in [-0.2, 0) is 6.42 Å². The highest BCUT2D eigenvalue weighted by atomic mass is 16.4. The number of nitrogens with zero attached hydrogens (tertiary/aromatic N) is 3. The number of carbonyl (C=O) groups is 1. The van der Waals surface area contributed by atoms with Crippen LogP contribution in [0.4, 0.5) is 10.5 Å². The van der Waals surface area contributed by atoms with Gasteiger partial charge >= 0.3 is 6.03 Å². The number of aromatic nitrogens is 4. The van der Waals surface area contributed by atoms with Crippen molar-refractivity contribution in [2.45, 2.75) is 33.2 Å². The number of benzene rings is 1. The van der Waals surface area contributed by atoms with E-state index in [-0.39, 0.29) is 12.1 Å². The molecule has 3 N–H and O–H groups in total. The lowest BCUT2D eigenvalue weighted by Gasteiger charge is -2.15. The van der Waals surface area contributed by atoms with Gasteiger partial charge in [-0.05, 0) is 44.5 Å². The lowest BCUT2D eigenvalue weighted by molar-refractivity contribution is 0.249. The normalized spacial score (nSPS) is 12.0. The van der Waals surface area contributed by atoms with Crippen LogP contribution in [0.5, 0.6) is 0 Å². The van der Waals surface area contributed by atoms with Gasteiger partial charge in [0.15, 0.2) is 0 Å². The Morgan fingerprint density at radius 1 is 1.32 bits per heavy atom. The molecule has 8 heteroatoms. The predicted molar refractivity (Wildman–Crippen MR) is 93.1 cm³/mol. The number of H-pyrrole nitrogens is 1. The molecule has 0 fully saturated rings. The molecule has 8 nitrogen and oxygen atoms in total. The van der Waals surface area contributed by atoms with Crippen LogP contribution < -0.4 is 10.6 Å². The molecular weight excluding hydrogens is 320 g/mol. The number of amides is 2. The van der Waals surface area contributed by atoms with Gasteiger partial charge in [0.25, 0.3) is 0 Å². The van der Waals surface area contributed by atoms with E-state index in [9.17, 15) is 4.79 Å². The summed E-state index contributed by atoms with van der Waals surface area (Å²) >= 11 is 0. The molecule has 1 aromatic carbocycles. The second-order valence-electron chi connectivity index (χ2n) is 6.02. The van der Waals surface area contributed by atoms with Crippen molar-refractivity contribution in [2.75, 3.05) is 5.32 Å². The minimum Gasteiger partial charge on any atom is -0.423 e. The third kappa shape index (κ3) is 4.23. The van der Waals surface area contributed by atoms with Crippen LogP contribution in [0.15, 0.2) is 35.1 Å². The number of rotatable bonds is 5. The van der Waals surface area contributed by atoms with Crippen molar-refractivity contribution >= 4 is 11.7 Å². The zero-order valence-electron chi connectivity index (χ0n) is 14.3. The number of aryl methyl sites for hydroxylation is 2. The van der Waals surface area contributed by atoms with E-state index < -0.39 is 0 Å². The average molecular weight is 340 g/mol. The second-order valence-corrected chi connectivity index (χ2v) is 6.02. The Morgan fingerprint density at radius 3 is 2.84 bits per heavy atom. The summed E-state index contributed by atoms with van der Waals surface area (Å²) < 4.78 is 5.19. The van der Waals surface area contributed by atoms with Crippen LogP contribution in [0.25, 0.3) is 11.5 Å². The van der Waals surface area contributed by atoms with Crippen LogP contribution in [0, 0.1) is 13.8 Å². The molecule has 0 spiro atoms.